The van der Waals surface area contributed by atoms with Crippen LogP contribution < -0.4 is 14.6 Å². The van der Waals surface area contributed by atoms with Gasteiger partial charge in [-0.2, -0.15) is 13.7 Å². The number of rotatable bonds is 7. The van der Waals surface area contributed by atoms with Crippen LogP contribution in [0.5, 0.6) is 5.75 Å². The number of nitrogens with zero attached hydrogens (tertiary/aromatic N) is 1. The minimum Gasteiger partial charge on any atom is -0.492 e. The quantitative estimate of drug-likeness (QED) is 0.802. The average molecular weight is 296 g/mol. The monoisotopic (exact) mass is 296 g/mol. The summed E-state index contributed by atoms with van der Waals surface area (Å²) in [6.07, 6.45) is 1.79. The smallest absolute Gasteiger partial charge is 0.296 e. The maximum atomic E-state index is 11.1. The molecule has 0 aliphatic heterocycles. The maximum Gasteiger partial charge on any atom is 0.296 e. The minimum atomic E-state index is -3.93. The molecule has 0 saturated heterocycles. The summed E-state index contributed by atoms with van der Waals surface area (Å²) in [5.41, 5.74) is 0.232. The van der Waals surface area contributed by atoms with E-state index >= 15 is 0 Å². The lowest BCUT2D eigenvalue weighted by Gasteiger charge is -2.15. The lowest BCUT2D eigenvalue weighted by molar-refractivity contribution is 0.319. The lowest BCUT2D eigenvalue weighted by Crippen LogP contribution is -2.22. The van der Waals surface area contributed by atoms with Gasteiger partial charge in [-0.15, -0.1) is 0 Å². The van der Waals surface area contributed by atoms with E-state index in [0.717, 1.165) is 12.8 Å². The van der Waals surface area contributed by atoms with Crippen LogP contribution in [-0.4, -0.2) is 15.0 Å². The molecule has 1 radical (unpaired) electrons. The molecule has 0 heterocycles. The standard InChI is InChI=1S/C13H18N3O3S/c1-3-10(4-2)9-19-13-7-5-6-12(11(13)8-14)16-20(15,17)18/h5-7,16H,3-4,9H2,1-2H3,(H2,15,17,18). The van der Waals surface area contributed by atoms with Crippen LogP contribution in [0.15, 0.2) is 18.2 Å². The lowest BCUT2D eigenvalue weighted by atomic mass is 10.1. The number of hydrogen-bond acceptors (Lipinski definition) is 4. The Hall–Kier alpha value is -1.78. The SMILES string of the molecule is CC[C](CC)COc1cccc(NS(N)(=O)=O)c1C#N. The van der Waals surface area contributed by atoms with E-state index in [-0.39, 0.29) is 11.3 Å². The Morgan fingerprint density at radius 1 is 1.40 bits per heavy atom. The van der Waals surface area contributed by atoms with E-state index in [1.165, 1.54) is 12.0 Å². The first-order chi connectivity index (χ1) is 9.41. The van der Waals surface area contributed by atoms with E-state index in [1.54, 1.807) is 12.1 Å². The molecule has 0 aliphatic rings. The van der Waals surface area contributed by atoms with E-state index in [1.807, 2.05) is 19.9 Å². The number of benzene rings is 1. The molecule has 0 saturated carbocycles. The number of ether oxygens (including phenoxy) is 1. The Morgan fingerprint density at radius 2 is 2.05 bits per heavy atom. The second-order valence-corrected chi connectivity index (χ2v) is 5.48. The molecule has 0 spiro atoms. The summed E-state index contributed by atoms with van der Waals surface area (Å²) < 4.78 is 29.8. The van der Waals surface area contributed by atoms with Gasteiger partial charge in [-0.3, -0.25) is 4.72 Å². The van der Waals surface area contributed by atoms with Crippen LogP contribution in [0, 0.1) is 17.2 Å². The fourth-order valence-electron chi connectivity index (χ4n) is 1.64. The first-order valence-electron chi connectivity index (χ1n) is 6.21. The minimum absolute atomic E-state index is 0.113. The summed E-state index contributed by atoms with van der Waals surface area (Å²) in [5, 5.41) is 14.1. The largest absolute Gasteiger partial charge is 0.492 e. The third-order valence-corrected chi connectivity index (χ3v) is 3.33. The topological polar surface area (TPSA) is 105 Å². The van der Waals surface area contributed by atoms with Crippen molar-refractivity contribution in [3.05, 3.63) is 29.7 Å². The normalized spacial score (nSPS) is 11.2. The molecule has 20 heavy (non-hydrogen) atoms. The van der Waals surface area contributed by atoms with Crippen LogP contribution in [-0.2, 0) is 10.2 Å². The molecule has 0 amide bonds. The van der Waals surface area contributed by atoms with Crippen molar-refractivity contribution < 1.29 is 13.2 Å². The van der Waals surface area contributed by atoms with Crippen LogP contribution in [0.4, 0.5) is 5.69 Å². The molecule has 1 rings (SSSR count). The molecule has 0 aliphatic carbocycles. The predicted octanol–water partition coefficient (Wildman–Crippen LogP) is 1.95. The Morgan fingerprint density at radius 3 is 2.55 bits per heavy atom. The van der Waals surface area contributed by atoms with Crippen molar-refractivity contribution in [2.75, 3.05) is 11.3 Å². The second-order valence-electron chi connectivity index (χ2n) is 4.18. The molecule has 109 valence electrons. The summed E-state index contributed by atoms with van der Waals surface area (Å²) in [6, 6.07) is 6.61. The molecule has 1 aromatic carbocycles. The van der Waals surface area contributed by atoms with Crippen molar-refractivity contribution in [3.8, 4) is 11.8 Å². The van der Waals surface area contributed by atoms with Gasteiger partial charge in [0.05, 0.1) is 12.3 Å². The van der Waals surface area contributed by atoms with Crippen molar-refractivity contribution >= 4 is 15.9 Å². The highest BCUT2D eigenvalue weighted by molar-refractivity contribution is 7.90. The van der Waals surface area contributed by atoms with Crippen LogP contribution in [0.3, 0.4) is 0 Å². The van der Waals surface area contributed by atoms with Crippen LogP contribution in [0.2, 0.25) is 0 Å². The number of hydrogen-bond donors (Lipinski definition) is 2. The van der Waals surface area contributed by atoms with Gasteiger partial charge < -0.3 is 4.74 Å². The second kappa shape index (κ2) is 7.12. The third kappa shape index (κ3) is 4.72. The molecule has 0 bridgehead atoms. The molecular weight excluding hydrogens is 278 g/mol. The van der Waals surface area contributed by atoms with Crippen LogP contribution >= 0.6 is 0 Å². The molecule has 3 N–H and O–H groups in total. The Balaban J connectivity index is 2.98. The maximum absolute atomic E-state index is 11.1. The van der Waals surface area contributed by atoms with Gasteiger partial charge in [-0.1, -0.05) is 19.9 Å². The van der Waals surface area contributed by atoms with Crippen molar-refractivity contribution in [2.24, 2.45) is 5.14 Å². The van der Waals surface area contributed by atoms with E-state index < -0.39 is 10.2 Å². The van der Waals surface area contributed by atoms with Gasteiger partial charge in [0.25, 0.3) is 10.2 Å². The first kappa shape index (κ1) is 16.3. The van der Waals surface area contributed by atoms with Gasteiger partial charge in [0.1, 0.15) is 17.4 Å². The van der Waals surface area contributed by atoms with Crippen molar-refractivity contribution in [1.82, 2.24) is 0 Å². The van der Waals surface area contributed by atoms with Crippen molar-refractivity contribution in [3.63, 3.8) is 0 Å². The summed E-state index contributed by atoms with van der Waals surface area (Å²) in [4.78, 5) is 0. The highest BCUT2D eigenvalue weighted by atomic mass is 32.2. The molecule has 0 atom stereocenters. The van der Waals surface area contributed by atoms with E-state index in [2.05, 4.69) is 4.72 Å². The zero-order chi connectivity index (χ0) is 15.2. The number of nitriles is 1. The van der Waals surface area contributed by atoms with Gasteiger partial charge in [-0.25, -0.2) is 5.14 Å². The molecule has 0 fully saturated rings. The van der Waals surface area contributed by atoms with E-state index in [0.29, 0.717) is 12.4 Å². The fraction of sp³-hybridized carbons (Fsp3) is 0.385. The summed E-state index contributed by atoms with van der Waals surface area (Å²) in [7, 11) is -3.93. The van der Waals surface area contributed by atoms with Crippen molar-refractivity contribution in [2.45, 2.75) is 26.7 Å². The van der Waals surface area contributed by atoms with Gasteiger partial charge in [0, 0.05) is 5.92 Å². The highest BCUT2D eigenvalue weighted by Gasteiger charge is 2.14. The fourth-order valence-corrected chi connectivity index (χ4v) is 2.12. The van der Waals surface area contributed by atoms with E-state index in [9.17, 15) is 8.42 Å². The summed E-state index contributed by atoms with van der Waals surface area (Å²) >= 11 is 0. The zero-order valence-corrected chi connectivity index (χ0v) is 12.3. The van der Waals surface area contributed by atoms with Gasteiger partial charge in [-0.05, 0) is 25.0 Å². The van der Waals surface area contributed by atoms with Gasteiger partial charge in [0.2, 0.25) is 0 Å². The number of anilines is 1. The molecule has 0 aromatic heterocycles. The van der Waals surface area contributed by atoms with Gasteiger partial charge >= 0.3 is 0 Å². The van der Waals surface area contributed by atoms with Crippen LogP contribution in [0.1, 0.15) is 32.3 Å². The molecule has 1 aromatic rings. The molecule has 0 unspecified atom stereocenters. The zero-order valence-electron chi connectivity index (χ0n) is 11.5. The number of nitrogens with two attached hydrogens (primary N) is 1. The summed E-state index contributed by atoms with van der Waals surface area (Å²) in [5.74, 6) is 1.54. The summed E-state index contributed by atoms with van der Waals surface area (Å²) in [6.45, 7) is 4.47. The molecular formula is C13H18N3O3S. The van der Waals surface area contributed by atoms with E-state index in [4.69, 9.17) is 15.1 Å². The molecule has 7 heteroatoms. The number of nitrogens with one attached hydrogen (secondary N) is 1. The third-order valence-electron chi connectivity index (χ3n) is 2.82. The predicted molar refractivity (Wildman–Crippen MR) is 77.2 cm³/mol. The Kier molecular flexibility index (Phi) is 5.80. The highest BCUT2D eigenvalue weighted by Crippen LogP contribution is 2.27. The van der Waals surface area contributed by atoms with Crippen LogP contribution in [0.25, 0.3) is 0 Å². The Labute approximate surface area is 119 Å². The van der Waals surface area contributed by atoms with Crippen molar-refractivity contribution in [1.29, 1.82) is 5.26 Å². The average Bonchev–Trinajstić information content (AvgIpc) is 2.38. The Bertz CT molecular complexity index is 589. The molecule has 6 nitrogen and oxygen atoms in total. The first-order valence-corrected chi connectivity index (χ1v) is 7.75. The van der Waals surface area contributed by atoms with Gasteiger partial charge in [0.15, 0.2) is 0 Å².